The summed E-state index contributed by atoms with van der Waals surface area (Å²) < 4.78 is 5.58. The topological polar surface area (TPSA) is 167 Å². The van der Waals surface area contributed by atoms with Gasteiger partial charge in [0.1, 0.15) is 28.6 Å². The zero-order chi connectivity index (χ0) is 26.8. The number of hydrogen-bond acceptors (Lipinski definition) is 8. The van der Waals surface area contributed by atoms with Crippen LogP contribution >= 0.6 is 0 Å². The van der Waals surface area contributed by atoms with E-state index in [1.54, 1.807) is 13.2 Å². The molecule has 0 unspecified atom stereocenters. The largest absolute Gasteiger partial charge is 0.508 e. The second-order valence-electron chi connectivity index (χ2n) is 9.78. The van der Waals surface area contributed by atoms with Gasteiger partial charge in [-0.05, 0) is 60.1 Å². The van der Waals surface area contributed by atoms with E-state index in [2.05, 4.69) is 0 Å². The van der Waals surface area contributed by atoms with Crippen LogP contribution < -0.4 is 10.5 Å². The zero-order valence-electron chi connectivity index (χ0n) is 20.4. The van der Waals surface area contributed by atoms with Crippen molar-refractivity contribution < 1.29 is 39.5 Å². The zero-order valence-corrected chi connectivity index (χ0v) is 20.4. The van der Waals surface area contributed by atoms with Crippen LogP contribution in [0.3, 0.4) is 0 Å². The number of ether oxygens (including phenoxy) is 1. The molecule has 0 saturated heterocycles. The molecule has 2 aromatic rings. The lowest BCUT2D eigenvalue weighted by molar-refractivity contribution is -0.147. The fraction of sp³-hybridized carbons (Fsp3) is 0.321. The summed E-state index contributed by atoms with van der Waals surface area (Å²) in [6, 6.07) is 8.91. The van der Waals surface area contributed by atoms with E-state index in [1.165, 1.54) is 6.07 Å². The third-order valence-corrected chi connectivity index (χ3v) is 7.91. The van der Waals surface area contributed by atoms with Crippen LogP contribution in [0.5, 0.6) is 11.5 Å². The molecule has 2 aromatic carbocycles. The summed E-state index contributed by atoms with van der Waals surface area (Å²) in [5.74, 6) is -5.91. The number of methoxy groups -OCH3 is 1. The molecule has 9 nitrogen and oxygen atoms in total. The Morgan fingerprint density at radius 3 is 2.49 bits per heavy atom. The number of phenols is 1. The van der Waals surface area contributed by atoms with Crippen LogP contribution in [-0.4, -0.2) is 50.6 Å². The van der Waals surface area contributed by atoms with E-state index < -0.39 is 52.0 Å². The number of rotatable bonds is 4. The highest BCUT2D eigenvalue weighted by atomic mass is 16.5. The molecule has 0 radical (unpaired) electrons. The first-order chi connectivity index (χ1) is 17.5. The Hall–Kier alpha value is -4.11. The fourth-order valence-electron chi connectivity index (χ4n) is 6.06. The Morgan fingerprint density at radius 1 is 1.11 bits per heavy atom. The van der Waals surface area contributed by atoms with Crippen molar-refractivity contribution in [2.45, 2.75) is 38.2 Å². The molecule has 1 saturated carbocycles. The van der Waals surface area contributed by atoms with Crippen LogP contribution in [0, 0.1) is 11.8 Å². The maximum absolute atomic E-state index is 13.6. The average molecular weight is 506 g/mol. The number of benzene rings is 2. The smallest absolute Gasteiger partial charge is 0.255 e. The van der Waals surface area contributed by atoms with Gasteiger partial charge in [-0.2, -0.15) is 0 Å². The van der Waals surface area contributed by atoms with Gasteiger partial charge in [0.05, 0.1) is 12.7 Å². The van der Waals surface area contributed by atoms with Crippen LogP contribution in [-0.2, 0) is 27.2 Å². The maximum atomic E-state index is 13.6. The lowest BCUT2D eigenvalue weighted by Gasteiger charge is -2.46. The Labute approximate surface area is 212 Å². The summed E-state index contributed by atoms with van der Waals surface area (Å²) in [5.41, 5.74) is 4.83. The van der Waals surface area contributed by atoms with Gasteiger partial charge in [-0.1, -0.05) is 19.1 Å². The molecule has 37 heavy (non-hydrogen) atoms. The van der Waals surface area contributed by atoms with Crippen LogP contribution in [0.2, 0.25) is 0 Å². The number of hydrogen-bond donors (Lipinski definition) is 5. The van der Waals surface area contributed by atoms with Crippen molar-refractivity contribution >= 4 is 23.2 Å². The van der Waals surface area contributed by atoms with Crippen molar-refractivity contribution in [3.63, 3.8) is 0 Å². The fourth-order valence-corrected chi connectivity index (χ4v) is 6.06. The lowest BCUT2D eigenvalue weighted by Crippen LogP contribution is -2.58. The third-order valence-electron chi connectivity index (χ3n) is 7.91. The molecule has 3 atom stereocenters. The summed E-state index contributed by atoms with van der Waals surface area (Å²) in [4.78, 5) is 38.0. The van der Waals surface area contributed by atoms with E-state index >= 15 is 0 Å². The maximum Gasteiger partial charge on any atom is 0.255 e. The Balaban J connectivity index is 1.72. The molecule has 192 valence electrons. The molecule has 5 rings (SSSR count). The van der Waals surface area contributed by atoms with Gasteiger partial charge in [0.25, 0.3) is 5.91 Å². The highest BCUT2D eigenvalue weighted by Crippen LogP contribution is 2.53. The number of ketones is 2. The van der Waals surface area contributed by atoms with E-state index in [9.17, 15) is 34.8 Å². The summed E-state index contributed by atoms with van der Waals surface area (Å²) in [6.45, 7) is 2.02. The number of carbonyl (C=O) groups is 3. The molecule has 0 aliphatic heterocycles. The summed E-state index contributed by atoms with van der Waals surface area (Å²) in [5, 5.41) is 44.1. The molecule has 1 amide bonds. The minimum Gasteiger partial charge on any atom is -0.508 e. The van der Waals surface area contributed by atoms with Crippen LogP contribution in [0.15, 0.2) is 47.2 Å². The SMILES string of the molecule is CCc1ccc(OC)c(-c2ccc(O)c3c2C[C@H]2C[C@H]4CC(=O)C(C(N)=O)=C(O)[C@@]4(O)C(=O)C2=C3O)c1. The Bertz CT molecular complexity index is 1450. The molecule has 3 aliphatic carbocycles. The van der Waals surface area contributed by atoms with Crippen molar-refractivity contribution in [1.29, 1.82) is 0 Å². The van der Waals surface area contributed by atoms with Crippen LogP contribution in [0.4, 0.5) is 0 Å². The van der Waals surface area contributed by atoms with Crippen molar-refractivity contribution in [3.8, 4) is 22.6 Å². The lowest BCUT2D eigenvalue weighted by atomic mass is 9.59. The monoisotopic (exact) mass is 505 g/mol. The number of aliphatic hydroxyl groups excluding tert-OH is 2. The van der Waals surface area contributed by atoms with Gasteiger partial charge in [0, 0.05) is 23.5 Å². The first kappa shape index (κ1) is 24.6. The number of aromatic hydroxyl groups is 1. The van der Waals surface area contributed by atoms with E-state index in [4.69, 9.17) is 10.5 Å². The minimum atomic E-state index is -2.58. The quantitative estimate of drug-likeness (QED) is 0.395. The molecular weight excluding hydrogens is 478 g/mol. The number of aliphatic hydroxyl groups is 3. The number of Topliss-reactive ketones (excluding diaryl/α,β-unsaturated/α-hetero) is 2. The normalized spacial score (nSPS) is 24.9. The molecular formula is C28H27NO8. The van der Waals surface area contributed by atoms with Gasteiger partial charge in [-0.3, -0.25) is 14.4 Å². The number of aryl methyl sites for hydroxylation is 1. The molecule has 3 aliphatic rings. The van der Waals surface area contributed by atoms with Crippen LogP contribution in [0.1, 0.15) is 36.5 Å². The molecule has 0 spiro atoms. The van der Waals surface area contributed by atoms with Gasteiger partial charge in [0.2, 0.25) is 5.78 Å². The minimum absolute atomic E-state index is 0.0496. The van der Waals surface area contributed by atoms with Gasteiger partial charge < -0.3 is 30.9 Å². The summed E-state index contributed by atoms with van der Waals surface area (Å²) >= 11 is 0. The predicted octanol–water partition coefficient (Wildman–Crippen LogP) is 2.66. The van der Waals surface area contributed by atoms with E-state index in [0.29, 0.717) is 16.9 Å². The Morgan fingerprint density at radius 2 is 1.84 bits per heavy atom. The van der Waals surface area contributed by atoms with E-state index in [-0.39, 0.29) is 36.1 Å². The van der Waals surface area contributed by atoms with Gasteiger partial charge in [-0.15, -0.1) is 0 Å². The number of phenolic OH excluding ortho intramolecular Hbond substituents is 1. The third kappa shape index (κ3) is 3.37. The number of nitrogens with two attached hydrogens (primary N) is 1. The first-order valence-electron chi connectivity index (χ1n) is 12.0. The van der Waals surface area contributed by atoms with Gasteiger partial charge >= 0.3 is 0 Å². The molecule has 9 heteroatoms. The summed E-state index contributed by atoms with van der Waals surface area (Å²) in [7, 11) is 1.55. The van der Waals surface area contributed by atoms with Crippen molar-refractivity contribution in [3.05, 3.63) is 63.9 Å². The van der Waals surface area contributed by atoms with Crippen molar-refractivity contribution in [2.75, 3.05) is 7.11 Å². The summed E-state index contributed by atoms with van der Waals surface area (Å²) in [6.07, 6.45) is 0.714. The number of primary amides is 1. The first-order valence-corrected chi connectivity index (χ1v) is 12.0. The molecule has 0 heterocycles. The molecule has 6 N–H and O–H groups in total. The van der Waals surface area contributed by atoms with Crippen molar-refractivity contribution in [1.82, 2.24) is 0 Å². The Kier molecular flexibility index (Phi) is 5.64. The standard InChI is InChI=1S/C28H27NO8/c1-3-12-4-7-20(37-2)16(8-12)15-5-6-18(30)22-17(15)10-13-9-14-11-19(31)23(27(29)35)26(34)28(14,36)25(33)21(13)24(22)32/h4-8,13-14,30,32,34,36H,3,9-11H2,1-2H3,(H2,29,35)/t13-,14+,28+/m1/s1. The van der Waals surface area contributed by atoms with Crippen molar-refractivity contribution in [2.24, 2.45) is 17.6 Å². The van der Waals surface area contributed by atoms with Gasteiger partial charge in [-0.25, -0.2) is 0 Å². The number of fused-ring (bicyclic) bond motifs is 3. The van der Waals surface area contributed by atoms with Gasteiger partial charge in [0.15, 0.2) is 11.4 Å². The van der Waals surface area contributed by atoms with Crippen LogP contribution in [0.25, 0.3) is 16.9 Å². The molecule has 0 aromatic heterocycles. The second kappa shape index (κ2) is 8.48. The highest BCUT2D eigenvalue weighted by molar-refractivity contribution is 6.22. The molecule has 0 bridgehead atoms. The average Bonchev–Trinajstić information content (AvgIpc) is 2.85. The number of carbonyl (C=O) groups excluding carboxylic acids is 3. The molecule has 1 fully saturated rings. The number of amides is 1. The second-order valence-corrected chi connectivity index (χ2v) is 9.78. The van der Waals surface area contributed by atoms with E-state index in [1.807, 2.05) is 25.1 Å². The van der Waals surface area contributed by atoms with E-state index in [0.717, 1.165) is 17.5 Å². The highest BCUT2D eigenvalue weighted by Gasteiger charge is 2.60. The predicted molar refractivity (Wildman–Crippen MR) is 133 cm³/mol.